The Labute approximate surface area is 191 Å². The number of rotatable bonds is 17. The molecule has 2 unspecified atom stereocenters. The number of aliphatic carboxylic acids is 1. The second kappa shape index (κ2) is 15.4. The van der Waals surface area contributed by atoms with Crippen molar-refractivity contribution >= 4 is 13.8 Å². The van der Waals surface area contributed by atoms with Crippen LogP contribution in [-0.2, 0) is 18.4 Å². The lowest BCUT2D eigenvalue weighted by atomic mass is 10.1. The Morgan fingerprint density at radius 2 is 1.53 bits per heavy atom. The summed E-state index contributed by atoms with van der Waals surface area (Å²) in [6.45, 7) is 3.13. The van der Waals surface area contributed by atoms with E-state index in [9.17, 15) is 14.3 Å². The molecule has 10 heteroatoms. The van der Waals surface area contributed by atoms with E-state index in [0.29, 0.717) is 17.5 Å². The van der Waals surface area contributed by atoms with E-state index in [1.165, 1.54) is 5.56 Å². The fourth-order valence-corrected chi connectivity index (χ4v) is 4.01. The molecule has 0 spiro atoms. The first-order chi connectivity index (χ1) is 14.5. The van der Waals surface area contributed by atoms with Gasteiger partial charge in [0.15, 0.2) is 0 Å². The lowest BCUT2D eigenvalue weighted by Gasteiger charge is -2.29. The molecule has 186 valence electrons. The number of quaternary nitrogens is 1. The zero-order valence-electron chi connectivity index (χ0n) is 19.7. The van der Waals surface area contributed by atoms with E-state index in [0.717, 1.165) is 37.9 Å². The molecule has 0 amide bonds. The molecule has 1 aromatic rings. The Balaban J connectivity index is 0.00000961. The van der Waals surface area contributed by atoms with Crippen LogP contribution < -0.4 is 4.74 Å². The fourth-order valence-electron chi connectivity index (χ4n) is 3.08. The van der Waals surface area contributed by atoms with E-state index in [2.05, 4.69) is 0 Å². The van der Waals surface area contributed by atoms with E-state index in [1.807, 2.05) is 52.3 Å². The molecule has 0 heterocycles. The van der Waals surface area contributed by atoms with E-state index < -0.39 is 19.9 Å². The van der Waals surface area contributed by atoms with Crippen molar-refractivity contribution in [3.8, 4) is 5.75 Å². The lowest BCUT2D eigenvalue weighted by Crippen LogP contribution is -2.42. The molecular formula is C22H40NO8P. The van der Waals surface area contributed by atoms with Crippen LogP contribution in [0.4, 0.5) is 0 Å². The van der Waals surface area contributed by atoms with Crippen molar-refractivity contribution in [2.45, 2.75) is 58.0 Å². The summed E-state index contributed by atoms with van der Waals surface area (Å²) in [4.78, 5) is 20.9. The average molecular weight is 478 g/mol. The summed E-state index contributed by atoms with van der Waals surface area (Å²) in [6, 6.07) is 8.02. The molecule has 0 radical (unpaired) electrons. The highest BCUT2D eigenvalue weighted by molar-refractivity contribution is 7.47. The topological polar surface area (TPSA) is 132 Å². The number of carboxylic acid groups (broad SMARTS) is 1. The number of carbonyl (C=O) groups is 1. The normalized spacial score (nSPS) is 14.3. The second-order valence-corrected chi connectivity index (χ2v) is 10.3. The number of phosphoric acid groups is 1. The van der Waals surface area contributed by atoms with Crippen LogP contribution in [0.1, 0.15) is 50.5 Å². The van der Waals surface area contributed by atoms with Crippen LogP contribution in [0, 0.1) is 6.92 Å². The van der Waals surface area contributed by atoms with Crippen LogP contribution in [0.25, 0.3) is 0 Å². The molecular weight excluding hydrogens is 437 g/mol. The van der Waals surface area contributed by atoms with Gasteiger partial charge in [0.2, 0.25) is 0 Å². The Bertz CT molecular complexity index is 690. The lowest BCUT2D eigenvalue weighted by molar-refractivity contribution is -0.873. The first-order valence-electron chi connectivity index (χ1n) is 10.8. The maximum atomic E-state index is 12.1. The van der Waals surface area contributed by atoms with Gasteiger partial charge in [-0.05, 0) is 31.9 Å². The summed E-state index contributed by atoms with van der Waals surface area (Å²) in [5.41, 5.74) is 1.21. The van der Waals surface area contributed by atoms with Gasteiger partial charge < -0.3 is 24.7 Å². The predicted octanol–water partition coefficient (Wildman–Crippen LogP) is 4.22. The number of aryl methyl sites for hydroxylation is 1. The largest absolute Gasteiger partial charge is 0.870 e. The smallest absolute Gasteiger partial charge is 0.472 e. The molecule has 0 aliphatic rings. The third kappa shape index (κ3) is 16.2. The number of phosphoric ester groups is 1. The Morgan fingerprint density at radius 3 is 2.06 bits per heavy atom. The standard InChI is InChI=1S/C22H38NO7P.H2O/c1-19-11-13-20(14-12-19)28-15-9-7-5-6-8-10-16-29-31(26,27)30-21(17-22(24)25)18-23(2,3)4;/h11-14,21H,5-10,15-18H2,1-4H3,(H-,24,25,26,27);1H2. The first kappa shape index (κ1) is 30.5. The summed E-state index contributed by atoms with van der Waals surface area (Å²) >= 11 is 0. The molecule has 0 aliphatic heterocycles. The summed E-state index contributed by atoms with van der Waals surface area (Å²) in [5.74, 6) is -0.187. The molecule has 9 nitrogen and oxygen atoms in total. The number of carboxylic acids is 1. The van der Waals surface area contributed by atoms with Gasteiger partial charge in [-0.25, -0.2) is 4.57 Å². The van der Waals surface area contributed by atoms with E-state index in [1.54, 1.807) is 0 Å². The van der Waals surface area contributed by atoms with Crippen molar-refractivity contribution < 1.29 is 43.1 Å². The SMILES string of the molecule is Cc1ccc(OCCCCCCCCOP(=O)(O)OC(CC(=O)O)C[N+](C)(C)C)cc1.[OH-]. The van der Waals surface area contributed by atoms with Crippen molar-refractivity contribution in [1.29, 1.82) is 0 Å². The van der Waals surface area contributed by atoms with Gasteiger partial charge in [-0.15, -0.1) is 0 Å². The van der Waals surface area contributed by atoms with Gasteiger partial charge in [-0.3, -0.25) is 13.8 Å². The Morgan fingerprint density at radius 1 is 1.00 bits per heavy atom. The molecule has 32 heavy (non-hydrogen) atoms. The van der Waals surface area contributed by atoms with Gasteiger partial charge in [0.1, 0.15) is 18.4 Å². The van der Waals surface area contributed by atoms with Crippen molar-refractivity contribution in [1.82, 2.24) is 0 Å². The van der Waals surface area contributed by atoms with E-state index >= 15 is 0 Å². The molecule has 0 saturated carbocycles. The first-order valence-corrected chi connectivity index (χ1v) is 12.3. The molecule has 0 bridgehead atoms. The minimum absolute atomic E-state index is 0. The molecule has 0 aliphatic carbocycles. The van der Waals surface area contributed by atoms with Gasteiger partial charge in [-0.1, -0.05) is 43.4 Å². The Kier molecular flexibility index (Phi) is 14.7. The highest BCUT2D eigenvalue weighted by atomic mass is 31.2. The highest BCUT2D eigenvalue weighted by Gasteiger charge is 2.31. The second-order valence-electron chi connectivity index (χ2n) is 8.88. The van der Waals surface area contributed by atoms with Gasteiger partial charge in [0.25, 0.3) is 0 Å². The van der Waals surface area contributed by atoms with Crippen molar-refractivity contribution in [2.75, 3.05) is 40.9 Å². The van der Waals surface area contributed by atoms with Crippen molar-refractivity contribution in [3.05, 3.63) is 29.8 Å². The third-order valence-electron chi connectivity index (χ3n) is 4.52. The van der Waals surface area contributed by atoms with E-state index in [4.69, 9.17) is 18.9 Å². The number of nitrogens with zero attached hydrogens (tertiary/aromatic N) is 1. The summed E-state index contributed by atoms with van der Waals surface area (Å²) < 4.78 is 28.4. The van der Waals surface area contributed by atoms with Crippen LogP contribution in [0.2, 0.25) is 0 Å². The van der Waals surface area contributed by atoms with Gasteiger partial charge in [0, 0.05) is 0 Å². The third-order valence-corrected chi connectivity index (χ3v) is 5.59. The maximum absolute atomic E-state index is 12.1. The van der Waals surface area contributed by atoms with Crippen LogP contribution in [0.3, 0.4) is 0 Å². The molecule has 0 aromatic heterocycles. The number of hydrogen-bond donors (Lipinski definition) is 2. The number of ether oxygens (including phenoxy) is 1. The quantitative estimate of drug-likeness (QED) is 0.194. The van der Waals surface area contributed by atoms with Crippen molar-refractivity contribution in [2.24, 2.45) is 0 Å². The minimum Gasteiger partial charge on any atom is -0.870 e. The molecule has 3 N–H and O–H groups in total. The monoisotopic (exact) mass is 477 g/mol. The highest BCUT2D eigenvalue weighted by Crippen LogP contribution is 2.45. The van der Waals surface area contributed by atoms with Gasteiger partial charge in [0.05, 0.1) is 40.8 Å². The number of likely N-dealkylation sites (N-methyl/N-ethyl adjacent to an activating group) is 1. The summed E-state index contributed by atoms with van der Waals surface area (Å²) in [6.07, 6.45) is 4.41. The molecule has 0 fully saturated rings. The number of hydrogen-bond acceptors (Lipinski definition) is 6. The zero-order chi connectivity index (χ0) is 23.3. The molecule has 2 atom stereocenters. The van der Waals surface area contributed by atoms with Crippen LogP contribution >= 0.6 is 7.82 Å². The minimum atomic E-state index is -4.28. The fraction of sp³-hybridized carbons (Fsp3) is 0.682. The molecule has 1 rings (SSSR count). The number of benzene rings is 1. The van der Waals surface area contributed by atoms with Crippen LogP contribution in [0.5, 0.6) is 5.75 Å². The van der Waals surface area contributed by atoms with Gasteiger partial charge in [-0.2, -0.15) is 0 Å². The summed E-state index contributed by atoms with van der Waals surface area (Å²) in [7, 11) is 1.29. The summed E-state index contributed by atoms with van der Waals surface area (Å²) in [5, 5.41) is 8.99. The van der Waals surface area contributed by atoms with Crippen LogP contribution in [0.15, 0.2) is 24.3 Å². The Hall–Kier alpha value is -1.48. The molecule has 0 saturated heterocycles. The average Bonchev–Trinajstić information content (AvgIpc) is 2.62. The number of unbranched alkanes of at least 4 members (excludes halogenated alkanes) is 5. The van der Waals surface area contributed by atoms with Crippen molar-refractivity contribution in [3.63, 3.8) is 0 Å². The van der Waals surface area contributed by atoms with Gasteiger partial charge >= 0.3 is 13.8 Å². The maximum Gasteiger partial charge on any atom is 0.472 e. The predicted molar refractivity (Wildman–Crippen MR) is 122 cm³/mol. The van der Waals surface area contributed by atoms with Crippen LogP contribution in [-0.4, -0.2) is 72.9 Å². The zero-order valence-corrected chi connectivity index (χ0v) is 20.6. The molecule has 1 aromatic carbocycles. The van der Waals surface area contributed by atoms with E-state index in [-0.39, 0.29) is 25.0 Å².